The summed E-state index contributed by atoms with van der Waals surface area (Å²) in [6.07, 6.45) is 5.89. The molecular formula is C21H20N4O2S. The van der Waals surface area contributed by atoms with Gasteiger partial charge in [-0.05, 0) is 55.0 Å². The molecule has 1 aromatic carbocycles. The van der Waals surface area contributed by atoms with E-state index < -0.39 is 0 Å². The zero-order valence-electron chi connectivity index (χ0n) is 15.6. The highest BCUT2D eigenvalue weighted by Gasteiger charge is 2.29. The molecule has 0 saturated heterocycles. The fourth-order valence-corrected chi connectivity index (χ4v) is 5.25. The summed E-state index contributed by atoms with van der Waals surface area (Å²) in [5.41, 5.74) is 4.66. The third-order valence-electron chi connectivity index (χ3n) is 5.37. The lowest BCUT2D eigenvalue weighted by atomic mass is 9.88. The van der Waals surface area contributed by atoms with E-state index >= 15 is 0 Å². The SMILES string of the molecule is CCOC(=O)[C@@H]1CCc2c(sc3ncnc(Nc4ccc5c(c4)C=NC5)c23)C1. The number of nitrogens with zero attached hydrogens (tertiary/aromatic N) is 3. The molecule has 2 aromatic heterocycles. The molecular weight excluding hydrogens is 372 g/mol. The molecule has 0 bridgehead atoms. The number of rotatable bonds is 4. The van der Waals surface area contributed by atoms with Crippen molar-refractivity contribution in [2.45, 2.75) is 32.7 Å². The fraction of sp³-hybridized carbons (Fsp3) is 0.333. The Hall–Kier alpha value is -2.80. The summed E-state index contributed by atoms with van der Waals surface area (Å²) in [5.74, 6) is 0.683. The molecule has 6 nitrogen and oxygen atoms in total. The third-order valence-corrected chi connectivity index (χ3v) is 6.53. The topological polar surface area (TPSA) is 76.5 Å². The van der Waals surface area contributed by atoms with Gasteiger partial charge in [-0.3, -0.25) is 9.79 Å². The first-order chi connectivity index (χ1) is 13.7. The third kappa shape index (κ3) is 2.96. The minimum atomic E-state index is -0.0881. The minimum Gasteiger partial charge on any atom is -0.466 e. The zero-order chi connectivity index (χ0) is 19.1. The first-order valence-corrected chi connectivity index (χ1v) is 10.4. The average molecular weight is 392 g/mol. The summed E-state index contributed by atoms with van der Waals surface area (Å²) in [5, 5.41) is 4.55. The quantitative estimate of drug-likeness (QED) is 0.678. The van der Waals surface area contributed by atoms with Crippen LogP contribution < -0.4 is 5.32 Å². The molecule has 3 aromatic rings. The van der Waals surface area contributed by atoms with Gasteiger partial charge in [0.25, 0.3) is 0 Å². The van der Waals surface area contributed by atoms with Crippen LogP contribution >= 0.6 is 11.3 Å². The van der Waals surface area contributed by atoms with Crippen LogP contribution in [0.5, 0.6) is 0 Å². The van der Waals surface area contributed by atoms with Gasteiger partial charge in [-0.2, -0.15) is 0 Å². The van der Waals surface area contributed by atoms with E-state index in [0.29, 0.717) is 6.61 Å². The van der Waals surface area contributed by atoms with Crippen molar-refractivity contribution in [1.29, 1.82) is 0 Å². The van der Waals surface area contributed by atoms with Crippen molar-refractivity contribution in [3.8, 4) is 0 Å². The Morgan fingerprint density at radius 2 is 2.29 bits per heavy atom. The molecule has 1 aliphatic carbocycles. The summed E-state index contributed by atoms with van der Waals surface area (Å²) in [4.78, 5) is 27.7. The van der Waals surface area contributed by atoms with Crippen molar-refractivity contribution >= 4 is 45.2 Å². The predicted molar refractivity (Wildman–Crippen MR) is 111 cm³/mol. The molecule has 2 aliphatic rings. The van der Waals surface area contributed by atoms with Gasteiger partial charge in [-0.15, -0.1) is 11.3 Å². The van der Waals surface area contributed by atoms with Gasteiger partial charge in [0.05, 0.1) is 24.5 Å². The molecule has 0 unspecified atom stereocenters. The van der Waals surface area contributed by atoms with E-state index in [4.69, 9.17) is 4.74 Å². The number of aliphatic imine (C=N–C) groups is 1. The van der Waals surface area contributed by atoms with E-state index in [9.17, 15) is 4.79 Å². The van der Waals surface area contributed by atoms with E-state index in [-0.39, 0.29) is 11.9 Å². The van der Waals surface area contributed by atoms with Crippen molar-refractivity contribution in [1.82, 2.24) is 9.97 Å². The molecule has 1 aliphatic heterocycles. The number of hydrogen-bond donors (Lipinski definition) is 1. The van der Waals surface area contributed by atoms with E-state index in [1.54, 1.807) is 17.7 Å². The van der Waals surface area contributed by atoms with Gasteiger partial charge in [-0.1, -0.05) is 6.07 Å². The van der Waals surface area contributed by atoms with Crippen LogP contribution in [0.1, 0.15) is 34.9 Å². The van der Waals surface area contributed by atoms with Crippen LogP contribution in [-0.2, 0) is 28.9 Å². The summed E-state index contributed by atoms with van der Waals surface area (Å²) < 4.78 is 5.22. The number of benzene rings is 1. The first-order valence-electron chi connectivity index (χ1n) is 9.54. The van der Waals surface area contributed by atoms with Gasteiger partial charge in [0, 0.05) is 16.8 Å². The number of thiophene rings is 1. The smallest absolute Gasteiger partial charge is 0.309 e. The molecule has 28 heavy (non-hydrogen) atoms. The van der Waals surface area contributed by atoms with Gasteiger partial charge in [0.2, 0.25) is 0 Å². The standard InChI is InChI=1S/C21H20N4O2S/c1-2-27-21(26)12-4-6-16-17(8-12)28-20-18(16)19(23-11-24-20)25-15-5-3-13-9-22-10-14(13)7-15/h3,5,7,10-12H,2,4,6,8-9H2,1H3,(H,23,24,25)/t12-/m1/s1. The predicted octanol–water partition coefficient (Wildman–Crippen LogP) is 4.04. The molecule has 1 N–H and O–H groups in total. The Morgan fingerprint density at radius 1 is 1.36 bits per heavy atom. The monoisotopic (exact) mass is 392 g/mol. The number of esters is 1. The maximum absolute atomic E-state index is 12.2. The van der Waals surface area contributed by atoms with Crippen LogP contribution in [0, 0.1) is 5.92 Å². The Bertz CT molecular complexity index is 1110. The molecule has 7 heteroatoms. The Kier molecular flexibility index (Phi) is 4.31. The number of nitrogens with one attached hydrogen (secondary N) is 1. The maximum Gasteiger partial charge on any atom is 0.309 e. The molecule has 0 spiro atoms. The fourth-order valence-electron chi connectivity index (χ4n) is 3.98. The zero-order valence-corrected chi connectivity index (χ0v) is 16.4. The van der Waals surface area contributed by atoms with Crippen LogP contribution in [0.25, 0.3) is 10.2 Å². The highest BCUT2D eigenvalue weighted by molar-refractivity contribution is 7.19. The van der Waals surface area contributed by atoms with Crippen molar-refractivity contribution in [2.75, 3.05) is 11.9 Å². The second-order valence-electron chi connectivity index (χ2n) is 7.11. The molecule has 0 saturated carbocycles. The van der Waals surface area contributed by atoms with E-state index in [2.05, 4.69) is 38.5 Å². The average Bonchev–Trinajstić information content (AvgIpc) is 3.31. The molecule has 0 radical (unpaired) electrons. The lowest BCUT2D eigenvalue weighted by Crippen LogP contribution is -2.23. The van der Waals surface area contributed by atoms with Crippen LogP contribution in [0.2, 0.25) is 0 Å². The number of hydrogen-bond acceptors (Lipinski definition) is 7. The summed E-state index contributed by atoms with van der Waals surface area (Å²) >= 11 is 1.66. The lowest BCUT2D eigenvalue weighted by molar-refractivity contribution is -0.148. The Balaban J connectivity index is 1.48. The minimum absolute atomic E-state index is 0.0547. The molecule has 0 amide bonds. The molecule has 5 rings (SSSR count). The number of carbonyl (C=O) groups is 1. The van der Waals surface area contributed by atoms with Gasteiger partial charge >= 0.3 is 5.97 Å². The largest absolute Gasteiger partial charge is 0.466 e. The first kappa shape index (κ1) is 17.3. The second kappa shape index (κ2) is 6.98. The van der Waals surface area contributed by atoms with E-state index in [1.165, 1.54) is 16.0 Å². The molecule has 0 fully saturated rings. The Morgan fingerprint density at radius 3 is 3.18 bits per heavy atom. The number of fused-ring (bicyclic) bond motifs is 4. The molecule has 142 valence electrons. The van der Waals surface area contributed by atoms with Crippen LogP contribution in [0.15, 0.2) is 29.5 Å². The highest BCUT2D eigenvalue weighted by Crippen LogP contribution is 2.40. The molecule has 3 heterocycles. The Labute approximate surface area is 166 Å². The van der Waals surface area contributed by atoms with Gasteiger partial charge < -0.3 is 10.1 Å². The number of ether oxygens (including phenoxy) is 1. The number of carbonyl (C=O) groups excluding carboxylic acids is 1. The number of anilines is 2. The lowest BCUT2D eigenvalue weighted by Gasteiger charge is -2.20. The van der Waals surface area contributed by atoms with Gasteiger partial charge in [-0.25, -0.2) is 9.97 Å². The van der Waals surface area contributed by atoms with Crippen LogP contribution in [0.3, 0.4) is 0 Å². The second-order valence-corrected chi connectivity index (χ2v) is 8.19. The highest BCUT2D eigenvalue weighted by atomic mass is 32.1. The maximum atomic E-state index is 12.2. The van der Waals surface area contributed by atoms with Crippen molar-refractivity contribution in [3.05, 3.63) is 46.1 Å². The summed E-state index contributed by atoms with van der Waals surface area (Å²) in [6.45, 7) is 3.04. The van der Waals surface area contributed by atoms with E-state index in [1.807, 2.05) is 13.1 Å². The number of aromatic nitrogens is 2. The van der Waals surface area contributed by atoms with Crippen LogP contribution in [0.4, 0.5) is 11.5 Å². The van der Waals surface area contributed by atoms with Gasteiger partial charge in [0.1, 0.15) is 17.0 Å². The number of aryl methyl sites for hydroxylation is 1. The van der Waals surface area contributed by atoms with Crippen LogP contribution in [-0.4, -0.2) is 28.8 Å². The normalized spacial score (nSPS) is 17.4. The van der Waals surface area contributed by atoms with Crippen molar-refractivity contribution in [3.63, 3.8) is 0 Å². The van der Waals surface area contributed by atoms with E-state index in [0.717, 1.165) is 53.1 Å². The van der Waals surface area contributed by atoms with Crippen molar-refractivity contribution in [2.24, 2.45) is 10.9 Å². The van der Waals surface area contributed by atoms with Crippen molar-refractivity contribution < 1.29 is 9.53 Å². The van der Waals surface area contributed by atoms with Gasteiger partial charge in [0.15, 0.2) is 0 Å². The summed E-state index contributed by atoms with van der Waals surface area (Å²) in [6, 6.07) is 6.28. The summed E-state index contributed by atoms with van der Waals surface area (Å²) in [7, 11) is 0. The molecule has 1 atom stereocenters.